The molecule has 0 aliphatic carbocycles. The number of aliphatic hydroxyl groups excluding tert-OH is 1. The summed E-state index contributed by atoms with van der Waals surface area (Å²) in [4.78, 5) is 40.2. The van der Waals surface area contributed by atoms with Gasteiger partial charge in [-0.25, -0.2) is 0 Å². The lowest BCUT2D eigenvalue weighted by Gasteiger charge is -2.21. The first-order chi connectivity index (χ1) is 29.1. The number of hydrogen-bond acceptors (Lipinski definition) is 11. The van der Waals surface area contributed by atoms with Crippen molar-refractivity contribution in [3.8, 4) is 11.5 Å². The lowest BCUT2D eigenvalue weighted by molar-refractivity contribution is -0.164. The third kappa shape index (κ3) is 31.9. The molecule has 1 N–H and O–H groups in total. The third-order valence-electron chi connectivity index (χ3n) is 10.4. The van der Waals surface area contributed by atoms with E-state index >= 15 is 0 Å². The number of carbonyl (C=O) groups excluding carboxylic acids is 3. The van der Waals surface area contributed by atoms with Crippen molar-refractivity contribution < 1.29 is 47.9 Å². The van der Waals surface area contributed by atoms with Crippen LogP contribution in [0.2, 0.25) is 0 Å². The molecule has 0 fully saturated rings. The quantitative estimate of drug-likeness (QED) is 0.0292. The zero-order chi connectivity index (χ0) is 44.1. The second-order valence-electron chi connectivity index (χ2n) is 16.7. The summed E-state index contributed by atoms with van der Waals surface area (Å²) < 4.78 is 35.5. The highest BCUT2D eigenvalue weighted by Gasteiger charge is 2.20. The molecule has 11 heteroatoms. The van der Waals surface area contributed by atoms with Gasteiger partial charge in [0.05, 0.1) is 19.8 Å². The van der Waals surface area contributed by atoms with Gasteiger partial charge in [0.15, 0.2) is 6.29 Å². The molecule has 60 heavy (non-hydrogen) atoms. The van der Waals surface area contributed by atoms with Gasteiger partial charge in [-0.2, -0.15) is 0 Å². The fourth-order valence-corrected chi connectivity index (χ4v) is 6.81. The number of aliphatic hydroxyl groups is 1. The van der Waals surface area contributed by atoms with Crippen LogP contribution in [0.15, 0.2) is 18.2 Å². The number of carbonyl (C=O) groups is 3. The van der Waals surface area contributed by atoms with Gasteiger partial charge >= 0.3 is 17.9 Å². The first kappa shape index (κ1) is 55.1. The van der Waals surface area contributed by atoms with Crippen LogP contribution in [0.4, 0.5) is 0 Å². The molecule has 1 rings (SSSR count). The van der Waals surface area contributed by atoms with Crippen molar-refractivity contribution in [3.05, 3.63) is 23.8 Å². The zero-order valence-electron chi connectivity index (χ0n) is 39.0. The average Bonchev–Trinajstić information content (AvgIpc) is 3.21. The van der Waals surface area contributed by atoms with Crippen molar-refractivity contribution in [2.75, 3.05) is 40.5 Å². The molecular weight excluding hydrogens is 763 g/mol. The molecule has 0 spiro atoms. The highest BCUT2D eigenvalue weighted by Crippen LogP contribution is 2.25. The lowest BCUT2D eigenvalue weighted by atomic mass is 10.1. The first-order valence-corrected chi connectivity index (χ1v) is 24.0. The van der Waals surface area contributed by atoms with Gasteiger partial charge in [0.1, 0.15) is 30.3 Å². The Morgan fingerprint density at radius 1 is 0.533 bits per heavy atom. The fourth-order valence-electron chi connectivity index (χ4n) is 6.81. The van der Waals surface area contributed by atoms with Crippen LogP contribution < -0.4 is 9.47 Å². The molecule has 1 aromatic rings. The Labute approximate surface area is 365 Å². The molecule has 0 radical (unpaired) electrons. The van der Waals surface area contributed by atoms with E-state index < -0.39 is 18.5 Å². The Morgan fingerprint density at radius 3 is 1.40 bits per heavy atom. The Hall–Kier alpha value is -2.89. The van der Waals surface area contributed by atoms with Crippen LogP contribution in [0.3, 0.4) is 0 Å². The van der Waals surface area contributed by atoms with Gasteiger partial charge < -0.3 is 38.4 Å². The van der Waals surface area contributed by atoms with Gasteiger partial charge in [-0.05, 0) is 63.9 Å². The smallest absolute Gasteiger partial charge is 0.306 e. The van der Waals surface area contributed by atoms with Crippen LogP contribution in [0, 0.1) is 0 Å². The molecule has 0 saturated carbocycles. The van der Waals surface area contributed by atoms with Gasteiger partial charge in [0, 0.05) is 44.7 Å². The first-order valence-electron chi connectivity index (χ1n) is 24.0. The van der Waals surface area contributed by atoms with Gasteiger partial charge in [-0.15, -0.1) is 0 Å². The van der Waals surface area contributed by atoms with Crippen molar-refractivity contribution in [1.29, 1.82) is 0 Å². The van der Waals surface area contributed by atoms with E-state index in [0.29, 0.717) is 56.6 Å². The second-order valence-corrected chi connectivity index (χ2v) is 16.7. The Morgan fingerprint density at radius 2 is 0.950 bits per heavy atom. The lowest BCUT2D eigenvalue weighted by Crippen LogP contribution is -2.28. The third-order valence-corrected chi connectivity index (χ3v) is 10.4. The van der Waals surface area contributed by atoms with Crippen LogP contribution >= 0.6 is 0 Å². The molecule has 3 unspecified atom stereocenters. The molecule has 0 amide bonds. The maximum atomic E-state index is 12.8. The van der Waals surface area contributed by atoms with E-state index in [9.17, 15) is 19.5 Å². The SMILES string of the molecule is CCCCCCCC(=O)OCC(CCOc1cc(CN(C)C)cc(OCCC(COC(O)CCCCCCC)OC(=O)CCCCCCC)c1)OC(=O)CCCCCCC. The predicted octanol–water partition coefficient (Wildman–Crippen LogP) is 11.4. The molecule has 0 aromatic heterocycles. The van der Waals surface area contributed by atoms with E-state index in [1.54, 1.807) is 0 Å². The highest BCUT2D eigenvalue weighted by atomic mass is 16.6. The van der Waals surface area contributed by atoms with Crippen LogP contribution in [0.1, 0.15) is 200 Å². The minimum absolute atomic E-state index is 0.00193. The average molecular weight is 850 g/mol. The Kier molecular flexibility index (Phi) is 34.8. The molecule has 0 saturated heterocycles. The molecule has 3 atom stereocenters. The monoisotopic (exact) mass is 850 g/mol. The summed E-state index contributed by atoms with van der Waals surface area (Å²) in [6.07, 6.45) is 21.3. The van der Waals surface area contributed by atoms with Crippen LogP contribution in [-0.4, -0.2) is 86.9 Å². The second kappa shape index (κ2) is 37.8. The minimum atomic E-state index is -0.906. The molecule has 348 valence electrons. The summed E-state index contributed by atoms with van der Waals surface area (Å²) >= 11 is 0. The Balaban J connectivity index is 2.92. The number of rotatable bonds is 41. The van der Waals surface area contributed by atoms with E-state index in [1.165, 1.54) is 12.8 Å². The van der Waals surface area contributed by atoms with E-state index in [4.69, 9.17) is 28.4 Å². The van der Waals surface area contributed by atoms with Crippen LogP contribution in [0.25, 0.3) is 0 Å². The van der Waals surface area contributed by atoms with E-state index in [0.717, 1.165) is 121 Å². The molecule has 0 aliphatic rings. The number of hydrogen-bond donors (Lipinski definition) is 1. The van der Waals surface area contributed by atoms with Crippen LogP contribution in [0.5, 0.6) is 11.5 Å². The minimum Gasteiger partial charge on any atom is -0.493 e. The fraction of sp³-hybridized carbons (Fsp3) is 0.816. The molecule has 0 aliphatic heterocycles. The summed E-state index contributed by atoms with van der Waals surface area (Å²) in [6.45, 7) is 9.92. The maximum absolute atomic E-state index is 12.8. The number of nitrogens with zero attached hydrogens (tertiary/aromatic N) is 1. The summed E-state index contributed by atoms with van der Waals surface area (Å²) in [7, 11) is 3.98. The van der Waals surface area contributed by atoms with Crippen molar-refractivity contribution in [2.24, 2.45) is 0 Å². The molecule has 0 heterocycles. The molecular formula is C49H87NO10. The summed E-state index contributed by atoms with van der Waals surface area (Å²) in [5, 5.41) is 10.5. The van der Waals surface area contributed by atoms with Gasteiger partial charge in [0.25, 0.3) is 0 Å². The van der Waals surface area contributed by atoms with Crippen molar-refractivity contribution in [1.82, 2.24) is 4.90 Å². The maximum Gasteiger partial charge on any atom is 0.306 e. The number of unbranched alkanes of at least 4 members (excludes halogenated alkanes) is 16. The highest BCUT2D eigenvalue weighted by molar-refractivity contribution is 5.70. The van der Waals surface area contributed by atoms with Crippen molar-refractivity contribution in [2.45, 2.75) is 220 Å². The summed E-state index contributed by atoms with van der Waals surface area (Å²) in [5.74, 6) is 0.398. The number of esters is 3. The van der Waals surface area contributed by atoms with E-state index in [2.05, 4.69) is 32.6 Å². The predicted molar refractivity (Wildman–Crippen MR) is 240 cm³/mol. The zero-order valence-corrected chi connectivity index (χ0v) is 39.0. The Bertz CT molecular complexity index is 1210. The van der Waals surface area contributed by atoms with E-state index in [-0.39, 0.29) is 44.3 Å². The van der Waals surface area contributed by atoms with Crippen molar-refractivity contribution >= 4 is 17.9 Å². The van der Waals surface area contributed by atoms with Gasteiger partial charge in [-0.3, -0.25) is 14.4 Å². The van der Waals surface area contributed by atoms with Crippen molar-refractivity contribution in [3.63, 3.8) is 0 Å². The standard InChI is InChI=1S/C49H87NO10/c1-7-11-15-19-23-27-46(51)57-39-42(59-48(53)29-25-21-17-13-9-3)31-33-55-44-35-41(38-50(5)6)36-45(37-44)56-34-32-43(60-49(54)30-26-22-18-14-10-4)40-58-47(52)28-24-20-16-12-8-2/h35-37,42-43,46,51H,7-34,38-40H2,1-6H3. The number of ether oxygens (including phenoxy) is 6. The molecule has 1 aromatic carbocycles. The van der Waals surface area contributed by atoms with E-state index in [1.807, 2.05) is 32.3 Å². The number of benzene rings is 1. The molecule has 11 nitrogen and oxygen atoms in total. The van der Waals surface area contributed by atoms with Crippen LogP contribution in [-0.2, 0) is 39.9 Å². The normalized spacial score (nSPS) is 12.9. The topological polar surface area (TPSA) is 130 Å². The van der Waals surface area contributed by atoms with Gasteiger partial charge in [-0.1, -0.05) is 130 Å². The molecule has 0 bridgehead atoms. The summed E-state index contributed by atoms with van der Waals surface area (Å²) in [5.41, 5.74) is 0.989. The summed E-state index contributed by atoms with van der Waals surface area (Å²) in [6, 6.07) is 5.76. The largest absolute Gasteiger partial charge is 0.493 e. The van der Waals surface area contributed by atoms with Gasteiger partial charge in [0.2, 0.25) is 0 Å².